The van der Waals surface area contributed by atoms with E-state index in [9.17, 15) is 13.2 Å². The summed E-state index contributed by atoms with van der Waals surface area (Å²) in [7, 11) is -3.58. The monoisotopic (exact) mass is 370 g/mol. The Labute approximate surface area is 151 Å². The molecule has 0 unspecified atom stereocenters. The molecule has 0 N–H and O–H groups in total. The van der Waals surface area contributed by atoms with Crippen LogP contribution in [0.5, 0.6) is 0 Å². The van der Waals surface area contributed by atoms with Crippen molar-refractivity contribution in [1.82, 2.24) is 8.87 Å². The van der Waals surface area contributed by atoms with Crippen LogP contribution in [0.4, 0.5) is 0 Å². The third-order valence-corrected chi connectivity index (χ3v) is 6.40. The number of pyridine rings is 1. The van der Waals surface area contributed by atoms with Gasteiger partial charge in [0, 0.05) is 36.4 Å². The zero-order valence-corrected chi connectivity index (χ0v) is 14.9. The van der Waals surface area contributed by atoms with Crippen molar-refractivity contribution in [2.45, 2.75) is 4.90 Å². The van der Waals surface area contributed by atoms with Crippen molar-refractivity contribution in [3.63, 3.8) is 0 Å². The van der Waals surface area contributed by atoms with Crippen LogP contribution in [-0.2, 0) is 14.8 Å². The number of para-hydroxylation sites is 1. The van der Waals surface area contributed by atoms with Crippen LogP contribution >= 0.6 is 0 Å². The SMILES string of the molecule is O=c1ccn(-c2cccc(S(=O)(=O)N3CCOCC3)c2)c2ccccc12. The maximum Gasteiger partial charge on any atom is 0.243 e. The molecule has 134 valence electrons. The highest BCUT2D eigenvalue weighted by Gasteiger charge is 2.26. The van der Waals surface area contributed by atoms with E-state index in [2.05, 4.69) is 0 Å². The Morgan fingerprint density at radius 2 is 1.69 bits per heavy atom. The predicted octanol–water partition coefficient (Wildman–Crippen LogP) is 2.01. The van der Waals surface area contributed by atoms with Crippen molar-refractivity contribution in [1.29, 1.82) is 0 Å². The second kappa shape index (κ2) is 6.68. The highest BCUT2D eigenvalue weighted by molar-refractivity contribution is 7.89. The van der Waals surface area contributed by atoms with Gasteiger partial charge in [-0.2, -0.15) is 4.31 Å². The molecule has 1 aliphatic rings. The molecule has 1 saturated heterocycles. The highest BCUT2D eigenvalue weighted by Crippen LogP contribution is 2.22. The number of hydrogen-bond donors (Lipinski definition) is 0. The van der Waals surface area contributed by atoms with Gasteiger partial charge in [-0.3, -0.25) is 4.79 Å². The Bertz CT molecular complexity index is 1120. The number of hydrogen-bond acceptors (Lipinski definition) is 4. The van der Waals surface area contributed by atoms with E-state index < -0.39 is 10.0 Å². The van der Waals surface area contributed by atoms with Crippen molar-refractivity contribution in [2.75, 3.05) is 26.3 Å². The van der Waals surface area contributed by atoms with Crippen molar-refractivity contribution >= 4 is 20.9 Å². The van der Waals surface area contributed by atoms with Gasteiger partial charge < -0.3 is 9.30 Å². The van der Waals surface area contributed by atoms with Crippen LogP contribution in [0, 0.1) is 0 Å². The molecule has 4 rings (SSSR count). The van der Waals surface area contributed by atoms with Gasteiger partial charge in [0.25, 0.3) is 0 Å². The van der Waals surface area contributed by atoms with Gasteiger partial charge in [-0.05, 0) is 30.3 Å². The molecule has 0 atom stereocenters. The minimum Gasteiger partial charge on any atom is -0.379 e. The first-order valence-corrected chi connectivity index (χ1v) is 9.80. The lowest BCUT2D eigenvalue weighted by Gasteiger charge is -2.26. The number of nitrogens with zero attached hydrogens (tertiary/aromatic N) is 2. The largest absolute Gasteiger partial charge is 0.379 e. The molecule has 6 nitrogen and oxygen atoms in total. The number of sulfonamides is 1. The van der Waals surface area contributed by atoms with Crippen LogP contribution in [0.15, 0.2) is 70.5 Å². The van der Waals surface area contributed by atoms with E-state index in [0.717, 1.165) is 5.52 Å². The Hall–Kier alpha value is -2.48. The normalized spacial score (nSPS) is 16.0. The fourth-order valence-corrected chi connectivity index (χ4v) is 4.61. The zero-order valence-electron chi connectivity index (χ0n) is 14.0. The van der Waals surface area contributed by atoms with Crippen LogP contribution in [-0.4, -0.2) is 43.6 Å². The smallest absolute Gasteiger partial charge is 0.243 e. The number of ether oxygens (including phenoxy) is 1. The number of aromatic nitrogens is 1. The number of morpholine rings is 1. The van der Waals surface area contributed by atoms with Gasteiger partial charge in [-0.15, -0.1) is 0 Å². The maximum absolute atomic E-state index is 12.9. The Kier molecular flexibility index (Phi) is 4.36. The van der Waals surface area contributed by atoms with E-state index >= 15 is 0 Å². The van der Waals surface area contributed by atoms with Crippen molar-refractivity contribution in [3.05, 3.63) is 71.0 Å². The van der Waals surface area contributed by atoms with Gasteiger partial charge in [-0.1, -0.05) is 18.2 Å². The molecule has 2 aromatic carbocycles. The van der Waals surface area contributed by atoms with Crippen LogP contribution in [0.25, 0.3) is 16.6 Å². The number of rotatable bonds is 3. The number of fused-ring (bicyclic) bond motifs is 1. The van der Waals surface area contributed by atoms with Crippen molar-refractivity contribution in [2.24, 2.45) is 0 Å². The van der Waals surface area contributed by atoms with Crippen LogP contribution < -0.4 is 5.43 Å². The van der Waals surface area contributed by atoms with E-state index in [1.807, 2.05) is 28.8 Å². The quantitative estimate of drug-likeness (QED) is 0.707. The van der Waals surface area contributed by atoms with E-state index in [1.165, 1.54) is 10.4 Å². The predicted molar refractivity (Wildman–Crippen MR) is 99.1 cm³/mol. The fraction of sp³-hybridized carbons (Fsp3) is 0.211. The van der Waals surface area contributed by atoms with Crippen molar-refractivity contribution < 1.29 is 13.2 Å². The summed E-state index contributed by atoms with van der Waals surface area (Å²) in [6, 6.07) is 15.6. The number of benzene rings is 2. The first-order chi connectivity index (χ1) is 12.6. The van der Waals surface area contributed by atoms with Gasteiger partial charge in [0.2, 0.25) is 10.0 Å². The van der Waals surface area contributed by atoms with Crippen LogP contribution in [0.3, 0.4) is 0 Å². The average molecular weight is 370 g/mol. The standard InChI is InChI=1S/C19H18N2O4S/c22-19-8-9-21(18-7-2-1-6-17(18)19)15-4-3-5-16(14-15)26(23,24)20-10-12-25-13-11-20/h1-9,14H,10-13H2. The molecule has 1 aromatic heterocycles. The molecule has 0 spiro atoms. The minimum absolute atomic E-state index is 0.0612. The summed E-state index contributed by atoms with van der Waals surface area (Å²) in [6.07, 6.45) is 1.67. The molecule has 0 saturated carbocycles. The molecule has 7 heteroatoms. The molecular formula is C19H18N2O4S. The summed E-state index contributed by atoms with van der Waals surface area (Å²) in [4.78, 5) is 12.3. The van der Waals surface area contributed by atoms with Gasteiger partial charge in [0.15, 0.2) is 5.43 Å². The van der Waals surface area contributed by atoms with Gasteiger partial charge in [-0.25, -0.2) is 8.42 Å². The molecule has 1 aliphatic heterocycles. The first kappa shape index (κ1) is 17.0. The summed E-state index contributed by atoms with van der Waals surface area (Å²) in [5.74, 6) is 0. The van der Waals surface area contributed by atoms with Gasteiger partial charge >= 0.3 is 0 Å². The minimum atomic E-state index is -3.58. The van der Waals surface area contributed by atoms with E-state index in [4.69, 9.17) is 4.74 Å². The lowest BCUT2D eigenvalue weighted by Crippen LogP contribution is -2.40. The first-order valence-electron chi connectivity index (χ1n) is 8.36. The third kappa shape index (κ3) is 2.94. The summed E-state index contributed by atoms with van der Waals surface area (Å²) in [5.41, 5.74) is 1.37. The molecule has 26 heavy (non-hydrogen) atoms. The molecule has 2 heterocycles. The lowest BCUT2D eigenvalue weighted by molar-refractivity contribution is 0.0730. The molecule has 0 bridgehead atoms. The molecule has 1 fully saturated rings. The summed E-state index contributed by atoms with van der Waals surface area (Å²) < 4.78 is 34.3. The Morgan fingerprint density at radius 3 is 2.50 bits per heavy atom. The summed E-state index contributed by atoms with van der Waals surface area (Å²) >= 11 is 0. The second-order valence-corrected chi connectivity index (χ2v) is 8.02. The summed E-state index contributed by atoms with van der Waals surface area (Å²) in [5, 5.41) is 0.594. The topological polar surface area (TPSA) is 68.6 Å². The van der Waals surface area contributed by atoms with Crippen molar-refractivity contribution in [3.8, 4) is 5.69 Å². The molecule has 0 radical (unpaired) electrons. The van der Waals surface area contributed by atoms with E-state index in [0.29, 0.717) is 37.4 Å². The third-order valence-electron chi connectivity index (χ3n) is 4.51. The maximum atomic E-state index is 12.9. The molecular weight excluding hydrogens is 352 g/mol. The van der Waals surface area contributed by atoms with Crippen LogP contribution in [0.2, 0.25) is 0 Å². The lowest BCUT2D eigenvalue weighted by atomic mass is 10.2. The average Bonchev–Trinajstić information content (AvgIpc) is 2.69. The van der Waals surface area contributed by atoms with Crippen LogP contribution in [0.1, 0.15) is 0 Å². The van der Waals surface area contributed by atoms with Gasteiger partial charge in [0.05, 0.1) is 23.6 Å². The van der Waals surface area contributed by atoms with E-state index in [1.54, 1.807) is 30.5 Å². The Morgan fingerprint density at radius 1 is 0.923 bits per heavy atom. The second-order valence-electron chi connectivity index (χ2n) is 6.08. The molecule has 0 aliphatic carbocycles. The zero-order chi connectivity index (χ0) is 18.1. The highest BCUT2D eigenvalue weighted by atomic mass is 32.2. The van der Waals surface area contributed by atoms with E-state index in [-0.39, 0.29) is 10.3 Å². The van der Waals surface area contributed by atoms with Gasteiger partial charge in [0.1, 0.15) is 0 Å². The summed E-state index contributed by atoms with van der Waals surface area (Å²) in [6.45, 7) is 1.52. The molecule has 0 amide bonds. The fourth-order valence-electron chi connectivity index (χ4n) is 3.16. The Balaban J connectivity index is 1.82. The molecule has 3 aromatic rings.